The molecule has 1 aromatic rings. The lowest BCUT2D eigenvalue weighted by Crippen LogP contribution is -2.52. The number of nitrogens with one attached hydrogen (secondary N) is 2. The number of carbonyl (C=O) groups is 2. The summed E-state index contributed by atoms with van der Waals surface area (Å²) in [5.74, 6) is 0.185. The molecule has 1 saturated heterocycles. The second-order valence-corrected chi connectivity index (χ2v) is 9.40. The molecule has 1 fully saturated rings. The zero-order valence-electron chi connectivity index (χ0n) is 17.7. The van der Waals surface area contributed by atoms with Crippen molar-refractivity contribution in [3.63, 3.8) is 0 Å². The molecule has 3 amide bonds. The SMILES string of the molecule is Cc1cccc(C(C)(C)CNC(=O)NC2CCN(C(=O)C(C)(C)C)CC2)c1. The van der Waals surface area contributed by atoms with Crippen LogP contribution in [0.5, 0.6) is 0 Å². The summed E-state index contributed by atoms with van der Waals surface area (Å²) in [4.78, 5) is 26.6. The van der Waals surface area contributed by atoms with E-state index in [1.807, 2.05) is 25.7 Å². The number of urea groups is 1. The molecule has 5 nitrogen and oxygen atoms in total. The van der Waals surface area contributed by atoms with Gasteiger partial charge in [-0.15, -0.1) is 0 Å². The monoisotopic (exact) mass is 373 g/mol. The van der Waals surface area contributed by atoms with Crippen LogP contribution >= 0.6 is 0 Å². The molecule has 0 saturated carbocycles. The minimum atomic E-state index is -0.348. The van der Waals surface area contributed by atoms with Gasteiger partial charge in [-0.2, -0.15) is 0 Å². The Bertz CT molecular complexity index is 668. The molecule has 0 aromatic heterocycles. The predicted molar refractivity (Wildman–Crippen MR) is 110 cm³/mol. The van der Waals surface area contributed by atoms with Gasteiger partial charge in [0, 0.05) is 36.5 Å². The van der Waals surface area contributed by atoms with Gasteiger partial charge < -0.3 is 15.5 Å². The number of rotatable bonds is 4. The van der Waals surface area contributed by atoms with Crippen LogP contribution < -0.4 is 10.6 Å². The van der Waals surface area contributed by atoms with Crippen LogP contribution in [0.15, 0.2) is 24.3 Å². The molecule has 0 aliphatic carbocycles. The van der Waals surface area contributed by atoms with Crippen molar-refractivity contribution in [3.05, 3.63) is 35.4 Å². The second-order valence-electron chi connectivity index (χ2n) is 9.40. The Balaban J connectivity index is 1.79. The number of benzene rings is 1. The lowest BCUT2D eigenvalue weighted by atomic mass is 9.84. The Morgan fingerprint density at radius 1 is 1.11 bits per heavy atom. The molecule has 0 bridgehead atoms. The van der Waals surface area contributed by atoms with Gasteiger partial charge in [0.25, 0.3) is 0 Å². The first-order chi connectivity index (χ1) is 12.5. The fourth-order valence-electron chi connectivity index (χ4n) is 3.41. The molecule has 27 heavy (non-hydrogen) atoms. The maximum absolute atomic E-state index is 12.3. The van der Waals surface area contributed by atoms with E-state index in [-0.39, 0.29) is 28.8 Å². The van der Waals surface area contributed by atoms with Crippen LogP contribution in [-0.2, 0) is 10.2 Å². The van der Waals surface area contributed by atoms with Gasteiger partial charge >= 0.3 is 6.03 Å². The van der Waals surface area contributed by atoms with Gasteiger partial charge in [0.1, 0.15) is 0 Å². The van der Waals surface area contributed by atoms with E-state index in [1.165, 1.54) is 11.1 Å². The summed E-state index contributed by atoms with van der Waals surface area (Å²) in [6.45, 7) is 14.2. The third-order valence-electron chi connectivity index (χ3n) is 5.25. The van der Waals surface area contributed by atoms with Gasteiger partial charge in [0.2, 0.25) is 5.91 Å². The summed E-state index contributed by atoms with van der Waals surface area (Å²) in [5.41, 5.74) is 1.96. The average molecular weight is 374 g/mol. The van der Waals surface area contributed by atoms with Gasteiger partial charge in [-0.05, 0) is 25.3 Å². The lowest BCUT2D eigenvalue weighted by molar-refractivity contribution is -0.140. The Kier molecular flexibility index (Phi) is 6.55. The zero-order chi connectivity index (χ0) is 20.2. The van der Waals surface area contributed by atoms with Gasteiger partial charge in [-0.25, -0.2) is 4.79 Å². The first kappa shape index (κ1) is 21.3. The molecular formula is C22H35N3O2. The molecule has 0 spiro atoms. The van der Waals surface area contributed by atoms with E-state index in [4.69, 9.17) is 0 Å². The number of piperidine rings is 1. The highest BCUT2D eigenvalue weighted by molar-refractivity contribution is 5.81. The highest BCUT2D eigenvalue weighted by Gasteiger charge is 2.31. The molecule has 1 aromatic carbocycles. The van der Waals surface area contributed by atoms with E-state index in [1.54, 1.807) is 0 Å². The molecule has 0 radical (unpaired) electrons. The van der Waals surface area contributed by atoms with Crippen LogP contribution in [0.3, 0.4) is 0 Å². The third-order valence-corrected chi connectivity index (χ3v) is 5.25. The van der Waals surface area contributed by atoms with E-state index in [0.29, 0.717) is 19.6 Å². The highest BCUT2D eigenvalue weighted by atomic mass is 16.2. The predicted octanol–water partition coefficient (Wildman–Crippen LogP) is 3.61. The minimum absolute atomic E-state index is 0.121. The smallest absolute Gasteiger partial charge is 0.315 e. The van der Waals surface area contributed by atoms with E-state index >= 15 is 0 Å². The number of nitrogens with zero attached hydrogens (tertiary/aromatic N) is 1. The van der Waals surface area contributed by atoms with Crippen LogP contribution in [0.2, 0.25) is 0 Å². The molecule has 5 heteroatoms. The summed E-state index contributed by atoms with van der Waals surface area (Å²) in [6.07, 6.45) is 1.60. The molecule has 1 aliphatic rings. The fraction of sp³-hybridized carbons (Fsp3) is 0.636. The van der Waals surface area contributed by atoms with Crippen molar-refractivity contribution in [1.29, 1.82) is 0 Å². The average Bonchev–Trinajstić information content (AvgIpc) is 2.59. The molecule has 2 N–H and O–H groups in total. The maximum atomic E-state index is 12.3. The highest BCUT2D eigenvalue weighted by Crippen LogP contribution is 2.23. The van der Waals surface area contributed by atoms with Crippen molar-refractivity contribution in [1.82, 2.24) is 15.5 Å². The number of amides is 3. The first-order valence-electron chi connectivity index (χ1n) is 9.90. The standard InChI is InChI=1S/C22H35N3O2/c1-16-8-7-9-17(14-16)22(5,6)15-23-20(27)24-18-10-12-25(13-11-18)19(26)21(2,3)4/h7-9,14,18H,10-13,15H2,1-6H3,(H2,23,24,27). The van der Waals surface area contributed by atoms with Gasteiger partial charge in [0.05, 0.1) is 0 Å². The zero-order valence-corrected chi connectivity index (χ0v) is 17.7. The Morgan fingerprint density at radius 2 is 1.74 bits per heavy atom. The van der Waals surface area contributed by atoms with Crippen LogP contribution in [0.25, 0.3) is 0 Å². The molecule has 1 aliphatic heterocycles. The largest absolute Gasteiger partial charge is 0.342 e. The number of carbonyl (C=O) groups excluding carboxylic acids is 2. The normalized spacial score (nSPS) is 16.1. The summed E-state index contributed by atoms with van der Waals surface area (Å²) < 4.78 is 0. The van der Waals surface area contributed by atoms with Crippen molar-refractivity contribution >= 4 is 11.9 Å². The van der Waals surface area contributed by atoms with Crippen LogP contribution in [-0.4, -0.2) is 42.5 Å². The lowest BCUT2D eigenvalue weighted by Gasteiger charge is -2.36. The van der Waals surface area contributed by atoms with Crippen molar-refractivity contribution in [2.75, 3.05) is 19.6 Å². The summed E-state index contributed by atoms with van der Waals surface area (Å²) in [7, 11) is 0. The van der Waals surface area contributed by atoms with Crippen molar-refractivity contribution in [3.8, 4) is 0 Å². The van der Waals surface area contributed by atoms with Gasteiger partial charge in [0.15, 0.2) is 0 Å². The Hall–Kier alpha value is -2.04. The Morgan fingerprint density at radius 3 is 2.30 bits per heavy atom. The molecule has 0 unspecified atom stereocenters. The Labute approximate surface area is 163 Å². The second kappa shape index (κ2) is 8.32. The summed E-state index contributed by atoms with van der Waals surface area (Å²) >= 11 is 0. The quantitative estimate of drug-likeness (QED) is 0.847. The van der Waals surface area contributed by atoms with E-state index in [0.717, 1.165) is 12.8 Å². The van der Waals surface area contributed by atoms with Crippen LogP contribution in [0.4, 0.5) is 4.79 Å². The molecule has 1 heterocycles. The summed E-state index contributed by atoms with van der Waals surface area (Å²) in [5, 5.41) is 6.08. The molecule has 150 valence electrons. The number of likely N-dealkylation sites (tertiary alicyclic amines) is 1. The van der Waals surface area contributed by atoms with Crippen LogP contribution in [0.1, 0.15) is 58.6 Å². The topological polar surface area (TPSA) is 61.4 Å². The van der Waals surface area contributed by atoms with Crippen molar-refractivity contribution in [2.45, 2.75) is 65.8 Å². The maximum Gasteiger partial charge on any atom is 0.315 e. The number of hydrogen-bond donors (Lipinski definition) is 2. The first-order valence-corrected chi connectivity index (χ1v) is 9.90. The summed E-state index contributed by atoms with van der Waals surface area (Å²) in [6, 6.07) is 8.40. The van der Waals surface area contributed by atoms with Gasteiger partial charge in [-0.3, -0.25) is 4.79 Å². The van der Waals surface area contributed by atoms with E-state index in [2.05, 4.69) is 55.7 Å². The molecule has 0 atom stereocenters. The molecule has 2 rings (SSSR count). The molecular weight excluding hydrogens is 338 g/mol. The van der Waals surface area contributed by atoms with E-state index in [9.17, 15) is 9.59 Å². The fourth-order valence-corrected chi connectivity index (χ4v) is 3.41. The minimum Gasteiger partial charge on any atom is -0.342 e. The van der Waals surface area contributed by atoms with Crippen LogP contribution in [0, 0.1) is 12.3 Å². The van der Waals surface area contributed by atoms with Crippen molar-refractivity contribution < 1.29 is 9.59 Å². The van der Waals surface area contributed by atoms with E-state index < -0.39 is 0 Å². The third kappa shape index (κ3) is 5.98. The van der Waals surface area contributed by atoms with Gasteiger partial charge in [-0.1, -0.05) is 64.4 Å². The van der Waals surface area contributed by atoms with Crippen molar-refractivity contribution in [2.24, 2.45) is 5.41 Å². The number of hydrogen-bond acceptors (Lipinski definition) is 2. The number of aryl methyl sites for hydroxylation is 1.